The second kappa shape index (κ2) is 5.92. The van der Waals surface area contributed by atoms with Crippen LogP contribution in [0.2, 0.25) is 0 Å². The van der Waals surface area contributed by atoms with Gasteiger partial charge in [0.05, 0.1) is 30.8 Å². The number of carbonyl (C=O) groups is 2. The molecule has 8 heteroatoms. The molecule has 0 radical (unpaired) electrons. The Morgan fingerprint density at radius 3 is 2.67 bits per heavy atom. The van der Waals surface area contributed by atoms with Gasteiger partial charge in [0.15, 0.2) is 5.78 Å². The molecule has 4 bridgehead atoms. The summed E-state index contributed by atoms with van der Waals surface area (Å²) in [4.78, 5) is 25.0. The van der Waals surface area contributed by atoms with Gasteiger partial charge in [-0.25, -0.2) is 0 Å². The predicted octanol–water partition coefficient (Wildman–Crippen LogP) is -0.0812. The van der Waals surface area contributed by atoms with Crippen molar-refractivity contribution in [2.75, 3.05) is 13.2 Å². The van der Waals surface area contributed by atoms with Crippen LogP contribution in [-0.2, 0) is 19.1 Å². The highest BCUT2D eigenvalue weighted by atomic mass is 16.6. The quantitative estimate of drug-likeness (QED) is 0.359. The van der Waals surface area contributed by atoms with E-state index in [1.807, 2.05) is 6.92 Å². The maximum atomic E-state index is 13.5. The van der Waals surface area contributed by atoms with Crippen LogP contribution < -0.4 is 0 Å². The summed E-state index contributed by atoms with van der Waals surface area (Å²) in [6.45, 7) is 7.00. The van der Waals surface area contributed by atoms with Crippen LogP contribution in [0.15, 0.2) is 12.2 Å². The number of hydrogen-bond donors (Lipinski definition) is 4. The van der Waals surface area contributed by atoms with Crippen LogP contribution in [0.4, 0.5) is 0 Å². The lowest BCUT2D eigenvalue weighted by atomic mass is 9.35. The van der Waals surface area contributed by atoms with Gasteiger partial charge in [-0.05, 0) is 37.2 Å². The first-order valence-corrected chi connectivity index (χ1v) is 10.7. The lowest BCUT2D eigenvalue weighted by Gasteiger charge is -2.74. The second-order valence-corrected chi connectivity index (χ2v) is 10.5. The van der Waals surface area contributed by atoms with E-state index < -0.39 is 58.1 Å². The zero-order chi connectivity index (χ0) is 21.9. The Hall–Kier alpha value is -1.32. The largest absolute Gasteiger partial charge is 0.465 e. The summed E-state index contributed by atoms with van der Waals surface area (Å²) in [5.74, 6) is -4.84. The normalized spacial score (nSPS) is 56.5. The van der Waals surface area contributed by atoms with Crippen molar-refractivity contribution in [1.82, 2.24) is 0 Å². The lowest BCUT2D eigenvalue weighted by Crippen LogP contribution is -2.85. The van der Waals surface area contributed by atoms with E-state index in [-0.39, 0.29) is 31.3 Å². The summed E-state index contributed by atoms with van der Waals surface area (Å²) < 4.78 is 11.2. The van der Waals surface area contributed by atoms with Crippen LogP contribution >= 0.6 is 0 Å². The molecule has 166 valence electrons. The molecule has 10 atom stereocenters. The van der Waals surface area contributed by atoms with Gasteiger partial charge in [0.2, 0.25) is 5.79 Å². The average molecular weight is 422 g/mol. The molecule has 2 aliphatic heterocycles. The number of carbonyl (C=O) groups excluding carboxylic acids is 2. The van der Waals surface area contributed by atoms with Gasteiger partial charge in [-0.15, -0.1) is 0 Å². The third kappa shape index (κ3) is 2.00. The number of ketones is 1. The first-order valence-electron chi connectivity index (χ1n) is 10.7. The molecule has 6 aliphatic rings. The third-order valence-electron chi connectivity index (χ3n) is 9.22. The second-order valence-electron chi connectivity index (χ2n) is 10.5. The molecule has 0 unspecified atom stereocenters. The summed E-state index contributed by atoms with van der Waals surface area (Å²) in [5, 5.41) is 45.8. The van der Waals surface area contributed by atoms with Gasteiger partial charge in [0.1, 0.15) is 6.10 Å². The Bertz CT molecular complexity index is 841. The number of esters is 1. The number of allylic oxidation sites excluding steroid dienone is 1. The highest BCUT2D eigenvalue weighted by Gasteiger charge is 2.86. The van der Waals surface area contributed by atoms with Crippen LogP contribution in [0.1, 0.15) is 39.5 Å². The molecule has 8 nitrogen and oxygen atoms in total. The molecule has 2 saturated heterocycles. The molecule has 2 heterocycles. The van der Waals surface area contributed by atoms with Crippen LogP contribution in [-0.4, -0.2) is 69.5 Å². The molecule has 4 N–H and O–H groups in total. The summed E-state index contributed by atoms with van der Waals surface area (Å²) >= 11 is 0. The Morgan fingerprint density at radius 1 is 1.30 bits per heavy atom. The fraction of sp³-hybridized carbons (Fsp3) is 0.818. The molecule has 4 saturated carbocycles. The van der Waals surface area contributed by atoms with E-state index in [1.165, 1.54) is 6.92 Å². The molecule has 0 aromatic heterocycles. The maximum Gasteiger partial charge on any atom is 0.302 e. The molecule has 2 spiro atoms. The van der Waals surface area contributed by atoms with Gasteiger partial charge in [0.25, 0.3) is 0 Å². The van der Waals surface area contributed by atoms with Crippen molar-refractivity contribution in [2.45, 2.75) is 63.6 Å². The molecule has 4 aliphatic carbocycles. The van der Waals surface area contributed by atoms with Crippen molar-refractivity contribution in [3.8, 4) is 0 Å². The summed E-state index contributed by atoms with van der Waals surface area (Å²) in [5.41, 5.74) is -3.11. The highest BCUT2D eigenvalue weighted by Crippen LogP contribution is 2.76. The molecular formula is C22H30O8. The van der Waals surface area contributed by atoms with E-state index in [9.17, 15) is 30.0 Å². The molecule has 0 amide bonds. The predicted molar refractivity (Wildman–Crippen MR) is 102 cm³/mol. The lowest BCUT2D eigenvalue weighted by molar-refractivity contribution is -0.457. The van der Waals surface area contributed by atoms with Gasteiger partial charge in [-0.3, -0.25) is 9.59 Å². The topological polar surface area (TPSA) is 134 Å². The minimum absolute atomic E-state index is 0.00764. The molecule has 30 heavy (non-hydrogen) atoms. The van der Waals surface area contributed by atoms with E-state index in [0.717, 1.165) is 0 Å². The van der Waals surface area contributed by atoms with Crippen LogP contribution in [0.5, 0.6) is 0 Å². The Balaban J connectivity index is 1.72. The SMILES string of the molecule is C=C1C(=O)[C@]23C[C@H]1C[C@H](O)[C@H]2[C@@]12CO[C@]3(O)[C@@H](O)[C@@H]1[C@](C)(COC(C)=O)CC[C@@H]2O. The van der Waals surface area contributed by atoms with E-state index in [0.29, 0.717) is 24.8 Å². The van der Waals surface area contributed by atoms with Crippen LogP contribution in [0.3, 0.4) is 0 Å². The number of rotatable bonds is 2. The number of fused-ring (bicyclic) bond motifs is 2. The number of ether oxygens (including phenoxy) is 2. The van der Waals surface area contributed by atoms with Crippen LogP contribution in [0.25, 0.3) is 0 Å². The number of aliphatic hydroxyl groups excluding tert-OH is 3. The maximum absolute atomic E-state index is 13.5. The van der Waals surface area contributed by atoms with E-state index in [4.69, 9.17) is 9.47 Å². The highest BCUT2D eigenvalue weighted by molar-refractivity contribution is 6.04. The van der Waals surface area contributed by atoms with E-state index in [1.54, 1.807) is 0 Å². The molecule has 6 rings (SSSR count). The van der Waals surface area contributed by atoms with Gasteiger partial charge in [-0.2, -0.15) is 0 Å². The third-order valence-corrected chi connectivity index (χ3v) is 9.22. The van der Waals surface area contributed by atoms with Crippen molar-refractivity contribution in [2.24, 2.45) is 34.0 Å². The van der Waals surface area contributed by atoms with Crippen molar-refractivity contribution >= 4 is 11.8 Å². The summed E-state index contributed by atoms with van der Waals surface area (Å²) in [6, 6.07) is 0. The van der Waals surface area contributed by atoms with E-state index >= 15 is 0 Å². The van der Waals surface area contributed by atoms with Crippen molar-refractivity contribution in [1.29, 1.82) is 0 Å². The van der Waals surface area contributed by atoms with Crippen molar-refractivity contribution < 1.29 is 39.5 Å². The van der Waals surface area contributed by atoms with Gasteiger partial charge < -0.3 is 29.9 Å². The van der Waals surface area contributed by atoms with Crippen molar-refractivity contribution in [3.63, 3.8) is 0 Å². The summed E-state index contributed by atoms with van der Waals surface area (Å²) in [6.07, 6.45) is -2.02. The Labute approximate surface area is 174 Å². The average Bonchev–Trinajstić information content (AvgIpc) is 2.88. The fourth-order valence-corrected chi connectivity index (χ4v) is 8.14. The van der Waals surface area contributed by atoms with Gasteiger partial charge in [-0.1, -0.05) is 13.5 Å². The molecular weight excluding hydrogens is 392 g/mol. The standard InChI is InChI=1S/C22H30O8/c1-10-12-6-13(24)15-20-9-30-22(28,21(15,7-12)17(10)26)18(27)16(20)19(3,5-4-14(20)25)8-29-11(2)23/h12-16,18,24-25,27-28H,1,4-9H2,2-3H3/t12-,13+,14+,15+,16-,18+,19+,20+,21+,22-/m1/s1. The smallest absolute Gasteiger partial charge is 0.302 e. The molecule has 6 fully saturated rings. The minimum atomic E-state index is -2.20. The Kier molecular flexibility index (Phi) is 4.06. The van der Waals surface area contributed by atoms with Crippen LogP contribution in [0, 0.1) is 34.0 Å². The fourth-order valence-electron chi connectivity index (χ4n) is 8.14. The molecule has 0 aromatic rings. The summed E-state index contributed by atoms with van der Waals surface area (Å²) in [7, 11) is 0. The zero-order valence-corrected chi connectivity index (χ0v) is 17.3. The number of hydrogen-bond acceptors (Lipinski definition) is 8. The first kappa shape index (κ1) is 20.6. The number of Topliss-reactive ketones (excluding diaryl/α,β-unsaturated/α-hetero) is 1. The molecule has 0 aromatic carbocycles. The van der Waals surface area contributed by atoms with E-state index in [2.05, 4.69) is 6.58 Å². The Morgan fingerprint density at radius 2 is 2.00 bits per heavy atom. The van der Waals surface area contributed by atoms with Gasteiger partial charge in [0, 0.05) is 29.6 Å². The monoisotopic (exact) mass is 422 g/mol. The van der Waals surface area contributed by atoms with Crippen molar-refractivity contribution in [3.05, 3.63) is 12.2 Å². The zero-order valence-electron chi connectivity index (χ0n) is 17.3. The minimum Gasteiger partial charge on any atom is -0.465 e. The van der Waals surface area contributed by atoms with Gasteiger partial charge >= 0.3 is 5.97 Å². The first-order chi connectivity index (χ1) is 14.0. The number of aliphatic hydroxyl groups is 4.